The molecule has 0 aliphatic heterocycles. The highest BCUT2D eigenvalue weighted by Crippen LogP contribution is 2.11. The second kappa shape index (κ2) is 7.05. The third-order valence-electron chi connectivity index (χ3n) is 2.41. The molecular weight excluding hydrogens is 182 g/mol. The van der Waals surface area contributed by atoms with Crippen molar-refractivity contribution in [2.75, 3.05) is 6.54 Å². The zero-order chi connectivity index (χ0) is 11.9. The first kappa shape index (κ1) is 14.7. The summed E-state index contributed by atoms with van der Waals surface area (Å²) in [6, 6.07) is 0. The van der Waals surface area contributed by atoms with Crippen LogP contribution in [0, 0.1) is 5.92 Å². The molecule has 0 bridgehead atoms. The molecule has 0 rings (SSSR count). The highest BCUT2D eigenvalue weighted by molar-refractivity contribution is 4.98. The third kappa shape index (κ3) is 11.6. The SMILES string of the molecule is CC(=CCCNC(C)(C)C)CCC(C)C. The van der Waals surface area contributed by atoms with Gasteiger partial charge in [-0.05, 0) is 59.4 Å². The van der Waals surface area contributed by atoms with Crippen LogP contribution in [-0.2, 0) is 0 Å². The summed E-state index contributed by atoms with van der Waals surface area (Å²) in [7, 11) is 0. The zero-order valence-electron chi connectivity index (χ0n) is 11.5. The van der Waals surface area contributed by atoms with Crippen molar-refractivity contribution in [3.8, 4) is 0 Å². The van der Waals surface area contributed by atoms with E-state index in [4.69, 9.17) is 0 Å². The molecule has 1 nitrogen and oxygen atoms in total. The molecule has 15 heavy (non-hydrogen) atoms. The first-order chi connectivity index (χ1) is 6.81. The third-order valence-corrected chi connectivity index (χ3v) is 2.41. The molecule has 0 fully saturated rings. The molecule has 0 spiro atoms. The molecular formula is C14H29N. The average molecular weight is 211 g/mol. The number of hydrogen-bond acceptors (Lipinski definition) is 1. The minimum Gasteiger partial charge on any atom is -0.312 e. The van der Waals surface area contributed by atoms with Gasteiger partial charge in [0, 0.05) is 5.54 Å². The summed E-state index contributed by atoms with van der Waals surface area (Å²) in [5.41, 5.74) is 1.79. The summed E-state index contributed by atoms with van der Waals surface area (Å²) in [5.74, 6) is 0.820. The maximum Gasteiger partial charge on any atom is 0.00966 e. The van der Waals surface area contributed by atoms with Crippen molar-refractivity contribution in [3.05, 3.63) is 11.6 Å². The summed E-state index contributed by atoms with van der Waals surface area (Å²) >= 11 is 0. The van der Waals surface area contributed by atoms with E-state index >= 15 is 0 Å². The smallest absolute Gasteiger partial charge is 0.00966 e. The molecule has 0 aromatic rings. The van der Waals surface area contributed by atoms with Crippen molar-refractivity contribution >= 4 is 0 Å². The number of nitrogens with one attached hydrogen (secondary N) is 1. The van der Waals surface area contributed by atoms with E-state index in [9.17, 15) is 0 Å². The van der Waals surface area contributed by atoms with Gasteiger partial charge in [-0.15, -0.1) is 0 Å². The van der Waals surface area contributed by atoms with Crippen LogP contribution in [0.25, 0.3) is 0 Å². The average Bonchev–Trinajstić information content (AvgIpc) is 2.07. The van der Waals surface area contributed by atoms with E-state index in [2.05, 4.69) is 52.9 Å². The van der Waals surface area contributed by atoms with Gasteiger partial charge in [0.25, 0.3) is 0 Å². The summed E-state index contributed by atoms with van der Waals surface area (Å²) < 4.78 is 0. The fourth-order valence-corrected chi connectivity index (χ4v) is 1.38. The van der Waals surface area contributed by atoms with Crippen molar-refractivity contribution in [1.29, 1.82) is 0 Å². The molecule has 0 saturated heterocycles. The number of rotatable bonds is 6. The maximum atomic E-state index is 3.50. The van der Waals surface area contributed by atoms with Gasteiger partial charge >= 0.3 is 0 Å². The predicted molar refractivity (Wildman–Crippen MR) is 70.2 cm³/mol. The Labute approximate surface area is 96.3 Å². The van der Waals surface area contributed by atoms with Crippen LogP contribution < -0.4 is 5.32 Å². The van der Waals surface area contributed by atoms with E-state index < -0.39 is 0 Å². The summed E-state index contributed by atoms with van der Waals surface area (Å²) in [4.78, 5) is 0. The van der Waals surface area contributed by atoms with E-state index in [1.807, 2.05) is 0 Å². The van der Waals surface area contributed by atoms with Gasteiger partial charge in [0.2, 0.25) is 0 Å². The molecule has 0 amide bonds. The Morgan fingerprint density at radius 3 is 2.33 bits per heavy atom. The molecule has 0 unspecified atom stereocenters. The molecule has 1 N–H and O–H groups in total. The van der Waals surface area contributed by atoms with Gasteiger partial charge in [-0.3, -0.25) is 0 Å². The Kier molecular flexibility index (Phi) is 6.91. The van der Waals surface area contributed by atoms with E-state index in [1.165, 1.54) is 12.8 Å². The largest absolute Gasteiger partial charge is 0.312 e. The quantitative estimate of drug-likeness (QED) is 0.514. The summed E-state index contributed by atoms with van der Waals surface area (Å²) in [6.07, 6.45) is 6.10. The van der Waals surface area contributed by atoms with Gasteiger partial charge in [-0.2, -0.15) is 0 Å². The van der Waals surface area contributed by atoms with Crippen molar-refractivity contribution < 1.29 is 0 Å². The lowest BCUT2D eigenvalue weighted by atomic mass is 10.0. The molecule has 0 radical (unpaired) electrons. The lowest BCUT2D eigenvalue weighted by Gasteiger charge is -2.19. The molecule has 0 saturated carbocycles. The lowest BCUT2D eigenvalue weighted by Crippen LogP contribution is -2.36. The highest BCUT2D eigenvalue weighted by atomic mass is 14.9. The molecule has 0 aromatic heterocycles. The van der Waals surface area contributed by atoms with E-state index in [0.29, 0.717) is 0 Å². The van der Waals surface area contributed by atoms with Gasteiger partial charge in [-0.1, -0.05) is 25.5 Å². The Hall–Kier alpha value is -0.300. The van der Waals surface area contributed by atoms with Crippen molar-refractivity contribution in [2.45, 2.75) is 66.3 Å². The fourth-order valence-electron chi connectivity index (χ4n) is 1.38. The number of hydrogen-bond donors (Lipinski definition) is 1. The molecule has 0 aliphatic carbocycles. The fraction of sp³-hybridized carbons (Fsp3) is 0.857. The van der Waals surface area contributed by atoms with Gasteiger partial charge in [0.15, 0.2) is 0 Å². The Balaban J connectivity index is 3.59. The zero-order valence-corrected chi connectivity index (χ0v) is 11.5. The Bertz CT molecular complexity index is 184. The van der Waals surface area contributed by atoms with Crippen LogP contribution in [0.4, 0.5) is 0 Å². The van der Waals surface area contributed by atoms with Crippen molar-refractivity contribution in [1.82, 2.24) is 5.32 Å². The lowest BCUT2D eigenvalue weighted by molar-refractivity contribution is 0.431. The van der Waals surface area contributed by atoms with E-state index in [-0.39, 0.29) is 5.54 Å². The van der Waals surface area contributed by atoms with Crippen LogP contribution in [0.1, 0.15) is 60.8 Å². The molecule has 0 heterocycles. The molecule has 90 valence electrons. The van der Waals surface area contributed by atoms with Gasteiger partial charge < -0.3 is 5.32 Å². The molecule has 1 heteroatoms. The Morgan fingerprint density at radius 1 is 1.27 bits per heavy atom. The van der Waals surface area contributed by atoms with Gasteiger partial charge in [0.05, 0.1) is 0 Å². The van der Waals surface area contributed by atoms with Crippen molar-refractivity contribution in [3.63, 3.8) is 0 Å². The van der Waals surface area contributed by atoms with Crippen LogP contribution in [0.15, 0.2) is 11.6 Å². The summed E-state index contributed by atoms with van der Waals surface area (Å²) in [6.45, 7) is 14.5. The highest BCUT2D eigenvalue weighted by Gasteiger charge is 2.06. The van der Waals surface area contributed by atoms with E-state index in [1.54, 1.807) is 5.57 Å². The van der Waals surface area contributed by atoms with Crippen LogP contribution in [0.3, 0.4) is 0 Å². The molecule has 0 aliphatic rings. The first-order valence-electron chi connectivity index (χ1n) is 6.22. The second-order valence-corrected chi connectivity index (χ2v) is 5.95. The topological polar surface area (TPSA) is 12.0 Å². The van der Waals surface area contributed by atoms with Crippen molar-refractivity contribution in [2.24, 2.45) is 5.92 Å². The Morgan fingerprint density at radius 2 is 1.87 bits per heavy atom. The van der Waals surface area contributed by atoms with Crippen LogP contribution in [-0.4, -0.2) is 12.1 Å². The molecule has 0 aromatic carbocycles. The second-order valence-electron chi connectivity index (χ2n) is 5.95. The van der Waals surface area contributed by atoms with Gasteiger partial charge in [0.1, 0.15) is 0 Å². The van der Waals surface area contributed by atoms with Gasteiger partial charge in [-0.25, -0.2) is 0 Å². The van der Waals surface area contributed by atoms with Crippen LogP contribution >= 0.6 is 0 Å². The van der Waals surface area contributed by atoms with Crippen LogP contribution in [0.2, 0.25) is 0 Å². The summed E-state index contributed by atoms with van der Waals surface area (Å²) in [5, 5.41) is 3.50. The normalized spacial score (nSPS) is 13.7. The van der Waals surface area contributed by atoms with E-state index in [0.717, 1.165) is 18.9 Å². The van der Waals surface area contributed by atoms with Crippen LogP contribution in [0.5, 0.6) is 0 Å². The first-order valence-corrected chi connectivity index (χ1v) is 6.22. The standard InChI is InChI=1S/C14H29N/c1-12(2)9-10-13(3)8-7-11-15-14(4,5)6/h8,12,15H,7,9-11H2,1-6H3. The minimum absolute atomic E-state index is 0.250. The maximum absolute atomic E-state index is 3.50. The minimum atomic E-state index is 0.250. The predicted octanol–water partition coefficient (Wildman–Crippen LogP) is 4.15. The number of allylic oxidation sites excluding steroid dienone is 1. The molecule has 0 atom stereocenters. The monoisotopic (exact) mass is 211 g/mol.